The smallest absolute Gasteiger partial charge is 0.243 e. The quantitative estimate of drug-likeness (QED) is 0.811. The molecule has 27 heavy (non-hydrogen) atoms. The second-order valence-electron chi connectivity index (χ2n) is 6.16. The molecule has 0 aliphatic carbocycles. The van der Waals surface area contributed by atoms with Crippen LogP contribution in [-0.4, -0.2) is 61.4 Å². The fourth-order valence-corrected chi connectivity index (χ4v) is 4.35. The van der Waals surface area contributed by atoms with Crippen LogP contribution in [0.25, 0.3) is 0 Å². The monoisotopic (exact) mass is 390 g/mol. The number of nitrogens with zero attached hydrogens (tertiary/aromatic N) is 2. The van der Waals surface area contributed by atoms with Crippen molar-refractivity contribution in [2.45, 2.75) is 11.3 Å². The molecule has 1 amide bonds. The topological polar surface area (TPSA) is 87.2 Å². The number of aromatic hydroxyl groups is 1. The SMILES string of the molecule is O=C(CCOc1ccccc1O)N1CCN(S(=O)(=O)c2ccccc2)CC1. The molecule has 0 atom stereocenters. The Bertz CT molecular complexity index is 878. The Morgan fingerprint density at radius 2 is 1.59 bits per heavy atom. The van der Waals surface area contributed by atoms with Crippen molar-refractivity contribution < 1.29 is 23.1 Å². The van der Waals surface area contributed by atoms with Gasteiger partial charge in [0.1, 0.15) is 0 Å². The summed E-state index contributed by atoms with van der Waals surface area (Å²) < 4.78 is 32.0. The average Bonchev–Trinajstić information content (AvgIpc) is 2.70. The Hall–Kier alpha value is -2.58. The number of carbonyl (C=O) groups is 1. The fourth-order valence-electron chi connectivity index (χ4n) is 2.91. The number of sulfonamides is 1. The molecule has 1 aliphatic heterocycles. The molecule has 1 fully saturated rings. The van der Waals surface area contributed by atoms with Gasteiger partial charge in [0.2, 0.25) is 15.9 Å². The summed E-state index contributed by atoms with van der Waals surface area (Å²) in [4.78, 5) is 14.2. The number of piperazine rings is 1. The van der Waals surface area contributed by atoms with Gasteiger partial charge in [0, 0.05) is 26.2 Å². The van der Waals surface area contributed by atoms with E-state index in [-0.39, 0.29) is 42.7 Å². The van der Waals surface area contributed by atoms with Crippen LogP contribution in [0, 0.1) is 0 Å². The highest BCUT2D eigenvalue weighted by Crippen LogP contribution is 2.24. The first-order chi connectivity index (χ1) is 13.0. The number of para-hydroxylation sites is 2. The maximum atomic E-state index is 12.6. The van der Waals surface area contributed by atoms with Crippen LogP contribution >= 0.6 is 0 Å². The molecule has 0 saturated carbocycles. The molecule has 0 bridgehead atoms. The molecule has 144 valence electrons. The molecule has 3 rings (SSSR count). The minimum atomic E-state index is -3.53. The predicted octanol–water partition coefficient (Wildman–Crippen LogP) is 1.69. The third-order valence-electron chi connectivity index (χ3n) is 4.41. The minimum absolute atomic E-state index is 0.0321. The van der Waals surface area contributed by atoms with E-state index in [2.05, 4.69) is 0 Å². The zero-order chi connectivity index (χ0) is 19.3. The van der Waals surface area contributed by atoms with Crippen molar-refractivity contribution in [3.63, 3.8) is 0 Å². The van der Waals surface area contributed by atoms with Gasteiger partial charge in [0.25, 0.3) is 0 Å². The Kier molecular flexibility index (Phi) is 5.98. The van der Waals surface area contributed by atoms with Crippen molar-refractivity contribution in [3.05, 3.63) is 54.6 Å². The third-order valence-corrected chi connectivity index (χ3v) is 6.32. The van der Waals surface area contributed by atoms with E-state index >= 15 is 0 Å². The van der Waals surface area contributed by atoms with Crippen LogP contribution in [0.2, 0.25) is 0 Å². The number of phenols is 1. The van der Waals surface area contributed by atoms with Crippen molar-refractivity contribution in [3.8, 4) is 11.5 Å². The van der Waals surface area contributed by atoms with Crippen molar-refractivity contribution in [1.82, 2.24) is 9.21 Å². The zero-order valence-electron chi connectivity index (χ0n) is 14.8. The number of rotatable bonds is 6. The summed E-state index contributed by atoms with van der Waals surface area (Å²) in [5.41, 5.74) is 0. The summed E-state index contributed by atoms with van der Waals surface area (Å²) in [5.74, 6) is 0.274. The highest BCUT2D eigenvalue weighted by atomic mass is 32.2. The van der Waals surface area contributed by atoms with E-state index in [1.807, 2.05) is 0 Å². The van der Waals surface area contributed by atoms with E-state index < -0.39 is 10.0 Å². The lowest BCUT2D eigenvalue weighted by atomic mass is 10.3. The van der Waals surface area contributed by atoms with E-state index in [0.717, 1.165) is 0 Å². The van der Waals surface area contributed by atoms with Crippen LogP contribution in [0.15, 0.2) is 59.5 Å². The van der Waals surface area contributed by atoms with Gasteiger partial charge >= 0.3 is 0 Å². The number of phenolic OH excluding ortho intramolecular Hbond substituents is 1. The molecule has 7 nitrogen and oxygen atoms in total. The second kappa shape index (κ2) is 8.41. The Morgan fingerprint density at radius 1 is 0.963 bits per heavy atom. The molecule has 8 heteroatoms. The maximum Gasteiger partial charge on any atom is 0.243 e. The van der Waals surface area contributed by atoms with Crippen molar-refractivity contribution >= 4 is 15.9 Å². The van der Waals surface area contributed by atoms with Gasteiger partial charge in [-0.3, -0.25) is 4.79 Å². The molecule has 1 aliphatic rings. The predicted molar refractivity (Wildman–Crippen MR) is 100.0 cm³/mol. The zero-order valence-corrected chi connectivity index (χ0v) is 15.6. The maximum absolute atomic E-state index is 12.6. The van der Waals surface area contributed by atoms with Crippen molar-refractivity contribution in [2.24, 2.45) is 0 Å². The molecule has 2 aromatic carbocycles. The first-order valence-electron chi connectivity index (χ1n) is 8.72. The normalized spacial score (nSPS) is 15.5. The second-order valence-corrected chi connectivity index (χ2v) is 8.10. The standard InChI is InChI=1S/C19H22N2O5S/c22-17-8-4-5-9-18(17)26-15-10-19(23)20-11-13-21(14-12-20)27(24,25)16-6-2-1-3-7-16/h1-9,22H,10-15H2. The molecule has 1 N–H and O–H groups in total. The number of hydrogen-bond acceptors (Lipinski definition) is 5. The summed E-state index contributed by atoms with van der Waals surface area (Å²) in [6.07, 6.45) is 0.166. The van der Waals surface area contributed by atoms with Gasteiger partial charge in [-0.1, -0.05) is 30.3 Å². The van der Waals surface area contributed by atoms with Crippen LogP contribution < -0.4 is 4.74 Å². The summed E-state index contributed by atoms with van der Waals surface area (Å²) in [6, 6.07) is 14.9. The number of ether oxygens (including phenoxy) is 1. The largest absolute Gasteiger partial charge is 0.504 e. The van der Waals surface area contributed by atoms with Gasteiger partial charge in [-0.2, -0.15) is 4.31 Å². The van der Waals surface area contributed by atoms with Gasteiger partial charge in [0.05, 0.1) is 17.9 Å². The molecule has 0 spiro atoms. The van der Waals surface area contributed by atoms with Crippen LogP contribution in [0.1, 0.15) is 6.42 Å². The lowest BCUT2D eigenvalue weighted by Crippen LogP contribution is -2.50. The lowest BCUT2D eigenvalue weighted by Gasteiger charge is -2.34. The van der Waals surface area contributed by atoms with Gasteiger partial charge in [-0.25, -0.2) is 8.42 Å². The van der Waals surface area contributed by atoms with Gasteiger partial charge < -0.3 is 14.7 Å². The third kappa shape index (κ3) is 4.58. The van der Waals surface area contributed by atoms with Gasteiger partial charge in [0.15, 0.2) is 11.5 Å². The summed E-state index contributed by atoms with van der Waals surface area (Å²) >= 11 is 0. The Morgan fingerprint density at radius 3 is 2.26 bits per heavy atom. The van der Waals surface area contributed by atoms with Crippen LogP contribution in [0.5, 0.6) is 11.5 Å². The first kappa shape index (κ1) is 19.2. The van der Waals surface area contributed by atoms with Crippen molar-refractivity contribution in [2.75, 3.05) is 32.8 Å². The van der Waals surface area contributed by atoms with E-state index in [9.17, 15) is 18.3 Å². The molecule has 1 saturated heterocycles. The van der Waals surface area contributed by atoms with E-state index in [0.29, 0.717) is 18.8 Å². The van der Waals surface area contributed by atoms with Crippen LogP contribution in [0.3, 0.4) is 0 Å². The Labute approximate surface area is 158 Å². The summed E-state index contributed by atoms with van der Waals surface area (Å²) in [5, 5.41) is 9.64. The molecule has 2 aromatic rings. The fraction of sp³-hybridized carbons (Fsp3) is 0.316. The molecule has 0 unspecified atom stereocenters. The number of benzene rings is 2. The number of hydrogen-bond donors (Lipinski definition) is 1. The minimum Gasteiger partial charge on any atom is -0.504 e. The molecule has 1 heterocycles. The number of amides is 1. The highest BCUT2D eigenvalue weighted by Gasteiger charge is 2.29. The van der Waals surface area contributed by atoms with Crippen molar-refractivity contribution in [1.29, 1.82) is 0 Å². The van der Waals surface area contributed by atoms with Gasteiger partial charge in [-0.05, 0) is 24.3 Å². The first-order valence-corrected chi connectivity index (χ1v) is 10.2. The molecular weight excluding hydrogens is 368 g/mol. The van der Waals surface area contributed by atoms with Crippen LogP contribution in [-0.2, 0) is 14.8 Å². The van der Waals surface area contributed by atoms with E-state index in [4.69, 9.17) is 4.74 Å². The Balaban J connectivity index is 1.49. The average molecular weight is 390 g/mol. The lowest BCUT2D eigenvalue weighted by molar-refractivity contribution is -0.132. The molecule has 0 radical (unpaired) electrons. The summed E-state index contributed by atoms with van der Waals surface area (Å²) in [7, 11) is -3.53. The number of carbonyl (C=O) groups excluding carboxylic acids is 1. The van der Waals surface area contributed by atoms with Gasteiger partial charge in [-0.15, -0.1) is 0 Å². The highest BCUT2D eigenvalue weighted by molar-refractivity contribution is 7.89. The molecular formula is C19H22N2O5S. The van der Waals surface area contributed by atoms with E-state index in [1.165, 1.54) is 10.4 Å². The molecule has 0 aromatic heterocycles. The summed E-state index contributed by atoms with van der Waals surface area (Å²) in [6.45, 7) is 1.38. The van der Waals surface area contributed by atoms with E-state index in [1.54, 1.807) is 53.4 Å². The van der Waals surface area contributed by atoms with Crippen LogP contribution in [0.4, 0.5) is 0 Å².